The Labute approximate surface area is 116 Å². The third-order valence-electron chi connectivity index (χ3n) is 3.17. The van der Waals surface area contributed by atoms with E-state index in [2.05, 4.69) is 6.07 Å². The fraction of sp³-hybridized carbons (Fsp3) is 0.188. The van der Waals surface area contributed by atoms with Gasteiger partial charge in [0.25, 0.3) is 0 Å². The number of hydrogen-bond acceptors (Lipinski definition) is 4. The summed E-state index contributed by atoms with van der Waals surface area (Å²) in [6, 6.07) is 12.2. The number of methoxy groups -OCH3 is 1. The van der Waals surface area contributed by atoms with Gasteiger partial charge >= 0.3 is 0 Å². The van der Waals surface area contributed by atoms with Gasteiger partial charge in [0.2, 0.25) is 6.79 Å². The van der Waals surface area contributed by atoms with E-state index in [1.165, 1.54) is 6.92 Å². The standard InChI is InChI=1S/C16H13O4/c1-10(17)14-7-12(8-15-16(14)20-9-19-15)11-4-3-5-13(6-11)18-2/h3,5-8H,9H2,1-2H3. The summed E-state index contributed by atoms with van der Waals surface area (Å²) in [5, 5.41) is 0. The van der Waals surface area contributed by atoms with Crippen molar-refractivity contribution in [3.8, 4) is 28.4 Å². The van der Waals surface area contributed by atoms with Crippen LogP contribution in [0, 0.1) is 6.07 Å². The summed E-state index contributed by atoms with van der Waals surface area (Å²) in [6.07, 6.45) is 0. The van der Waals surface area contributed by atoms with Crippen LogP contribution < -0.4 is 14.2 Å². The maximum absolute atomic E-state index is 11.7. The summed E-state index contributed by atoms with van der Waals surface area (Å²) in [4.78, 5) is 11.7. The molecule has 0 bridgehead atoms. The lowest BCUT2D eigenvalue weighted by Gasteiger charge is -2.08. The number of rotatable bonds is 3. The smallest absolute Gasteiger partial charge is 0.231 e. The molecule has 1 heterocycles. The molecule has 0 fully saturated rings. The molecule has 20 heavy (non-hydrogen) atoms. The van der Waals surface area contributed by atoms with Crippen LogP contribution in [0.2, 0.25) is 0 Å². The van der Waals surface area contributed by atoms with E-state index in [4.69, 9.17) is 14.2 Å². The van der Waals surface area contributed by atoms with Gasteiger partial charge in [-0.2, -0.15) is 0 Å². The van der Waals surface area contributed by atoms with E-state index in [-0.39, 0.29) is 12.6 Å². The quantitative estimate of drug-likeness (QED) is 0.803. The van der Waals surface area contributed by atoms with Crippen molar-refractivity contribution < 1.29 is 19.0 Å². The van der Waals surface area contributed by atoms with E-state index in [0.29, 0.717) is 17.1 Å². The monoisotopic (exact) mass is 269 g/mol. The largest absolute Gasteiger partial charge is 0.497 e. The third-order valence-corrected chi connectivity index (χ3v) is 3.17. The van der Waals surface area contributed by atoms with Crippen molar-refractivity contribution in [3.05, 3.63) is 42.0 Å². The van der Waals surface area contributed by atoms with E-state index in [1.807, 2.05) is 18.2 Å². The lowest BCUT2D eigenvalue weighted by molar-refractivity contribution is 0.101. The van der Waals surface area contributed by atoms with Crippen molar-refractivity contribution in [2.45, 2.75) is 6.92 Å². The van der Waals surface area contributed by atoms with Gasteiger partial charge in [0.1, 0.15) is 5.75 Å². The molecule has 0 aliphatic carbocycles. The van der Waals surface area contributed by atoms with Crippen molar-refractivity contribution >= 4 is 5.78 Å². The molecule has 0 amide bonds. The molecule has 0 atom stereocenters. The van der Waals surface area contributed by atoms with Crippen LogP contribution in [0.3, 0.4) is 0 Å². The molecule has 1 aliphatic rings. The molecule has 4 heteroatoms. The zero-order valence-electron chi connectivity index (χ0n) is 11.2. The van der Waals surface area contributed by atoms with E-state index in [9.17, 15) is 4.79 Å². The van der Waals surface area contributed by atoms with Crippen molar-refractivity contribution in [2.75, 3.05) is 13.9 Å². The first-order valence-electron chi connectivity index (χ1n) is 6.19. The van der Waals surface area contributed by atoms with E-state index in [0.717, 1.165) is 16.9 Å². The zero-order chi connectivity index (χ0) is 14.1. The molecule has 4 nitrogen and oxygen atoms in total. The van der Waals surface area contributed by atoms with Gasteiger partial charge in [0.05, 0.1) is 12.7 Å². The summed E-state index contributed by atoms with van der Waals surface area (Å²) in [5.74, 6) is 1.78. The summed E-state index contributed by atoms with van der Waals surface area (Å²) >= 11 is 0. The summed E-state index contributed by atoms with van der Waals surface area (Å²) < 4.78 is 15.9. The highest BCUT2D eigenvalue weighted by atomic mass is 16.7. The molecule has 1 aliphatic heterocycles. The van der Waals surface area contributed by atoms with Gasteiger partial charge in [-0.1, -0.05) is 6.07 Å². The second-order valence-corrected chi connectivity index (χ2v) is 4.46. The van der Waals surface area contributed by atoms with Gasteiger partial charge in [-0.05, 0) is 48.4 Å². The first kappa shape index (κ1) is 12.5. The molecule has 0 spiro atoms. The SMILES string of the molecule is COc1cc[c]c(-c2cc3c(c(C(C)=O)c2)OCO3)c1. The Bertz CT molecular complexity index is 676. The van der Waals surface area contributed by atoms with Crippen LogP contribution in [0.5, 0.6) is 17.2 Å². The van der Waals surface area contributed by atoms with Gasteiger partial charge in [0, 0.05) is 0 Å². The molecule has 0 unspecified atom stereocenters. The molecule has 0 aromatic heterocycles. The average Bonchev–Trinajstić information content (AvgIpc) is 2.94. The zero-order valence-corrected chi connectivity index (χ0v) is 11.2. The Hall–Kier alpha value is -2.49. The normalized spacial score (nSPS) is 12.3. The fourth-order valence-electron chi connectivity index (χ4n) is 2.17. The molecule has 2 aromatic carbocycles. The molecule has 0 N–H and O–H groups in total. The van der Waals surface area contributed by atoms with Crippen molar-refractivity contribution in [3.63, 3.8) is 0 Å². The van der Waals surface area contributed by atoms with Crippen LogP contribution in [-0.4, -0.2) is 19.7 Å². The third kappa shape index (κ3) is 2.09. The van der Waals surface area contributed by atoms with Crippen LogP contribution in [-0.2, 0) is 0 Å². The Morgan fingerprint density at radius 3 is 2.90 bits per heavy atom. The predicted octanol–water partition coefficient (Wildman–Crippen LogP) is 3.09. The summed E-state index contributed by atoms with van der Waals surface area (Å²) in [5.41, 5.74) is 2.20. The van der Waals surface area contributed by atoms with Gasteiger partial charge in [-0.15, -0.1) is 0 Å². The minimum absolute atomic E-state index is 0.0588. The number of carbonyl (C=O) groups is 1. The Balaban J connectivity index is 2.14. The number of hydrogen-bond donors (Lipinski definition) is 0. The lowest BCUT2D eigenvalue weighted by Crippen LogP contribution is -1.97. The minimum Gasteiger partial charge on any atom is -0.497 e. The molecule has 101 valence electrons. The van der Waals surface area contributed by atoms with E-state index >= 15 is 0 Å². The Morgan fingerprint density at radius 2 is 2.15 bits per heavy atom. The average molecular weight is 269 g/mol. The number of fused-ring (bicyclic) bond motifs is 1. The maximum Gasteiger partial charge on any atom is 0.231 e. The van der Waals surface area contributed by atoms with Gasteiger partial charge in [0.15, 0.2) is 17.3 Å². The topological polar surface area (TPSA) is 44.8 Å². The number of Topliss-reactive ketones (excluding diaryl/α,β-unsaturated/α-hetero) is 1. The molecule has 3 rings (SSSR count). The Morgan fingerprint density at radius 1 is 1.30 bits per heavy atom. The summed E-state index contributed by atoms with van der Waals surface area (Å²) in [7, 11) is 1.61. The highest BCUT2D eigenvalue weighted by Gasteiger charge is 2.22. The van der Waals surface area contributed by atoms with Crippen LogP contribution in [0.25, 0.3) is 11.1 Å². The van der Waals surface area contributed by atoms with Crippen LogP contribution in [0.15, 0.2) is 30.3 Å². The fourth-order valence-corrected chi connectivity index (χ4v) is 2.17. The van der Waals surface area contributed by atoms with Crippen molar-refractivity contribution in [2.24, 2.45) is 0 Å². The second-order valence-electron chi connectivity index (χ2n) is 4.46. The first-order chi connectivity index (χ1) is 9.69. The van der Waals surface area contributed by atoms with Crippen LogP contribution in [0.1, 0.15) is 17.3 Å². The minimum atomic E-state index is -0.0588. The maximum atomic E-state index is 11.7. The van der Waals surface area contributed by atoms with Gasteiger partial charge < -0.3 is 14.2 Å². The van der Waals surface area contributed by atoms with Crippen molar-refractivity contribution in [1.82, 2.24) is 0 Å². The van der Waals surface area contributed by atoms with Crippen LogP contribution >= 0.6 is 0 Å². The molecule has 0 saturated heterocycles. The molecule has 2 aromatic rings. The van der Waals surface area contributed by atoms with Gasteiger partial charge in [-0.25, -0.2) is 0 Å². The molecule has 1 radical (unpaired) electrons. The highest BCUT2D eigenvalue weighted by Crippen LogP contribution is 2.40. The van der Waals surface area contributed by atoms with Crippen LogP contribution in [0.4, 0.5) is 0 Å². The first-order valence-corrected chi connectivity index (χ1v) is 6.19. The number of ether oxygens (including phenoxy) is 3. The number of carbonyl (C=O) groups excluding carboxylic acids is 1. The Kier molecular flexibility index (Phi) is 3.06. The van der Waals surface area contributed by atoms with Crippen molar-refractivity contribution in [1.29, 1.82) is 0 Å². The predicted molar refractivity (Wildman–Crippen MR) is 73.4 cm³/mol. The van der Waals surface area contributed by atoms with E-state index in [1.54, 1.807) is 19.2 Å². The molecular weight excluding hydrogens is 256 g/mol. The second kappa shape index (κ2) is 4.89. The van der Waals surface area contributed by atoms with Gasteiger partial charge in [-0.3, -0.25) is 4.79 Å². The lowest BCUT2D eigenvalue weighted by atomic mass is 10.00. The molecule has 0 saturated carbocycles. The summed E-state index contributed by atoms with van der Waals surface area (Å²) in [6.45, 7) is 1.65. The highest BCUT2D eigenvalue weighted by molar-refractivity contribution is 5.99. The number of benzene rings is 2. The number of ketones is 1. The molecular formula is C16H13O4. The van der Waals surface area contributed by atoms with E-state index < -0.39 is 0 Å².